The fourth-order valence-electron chi connectivity index (χ4n) is 3.34. The van der Waals surface area contributed by atoms with Gasteiger partial charge in [0.2, 0.25) is 0 Å². The zero-order chi connectivity index (χ0) is 12.0. The molecular weight excluding hydrogens is 204 g/mol. The maximum absolute atomic E-state index is 11.1. The first-order valence-corrected chi connectivity index (χ1v) is 6.00. The maximum Gasteiger partial charge on any atom is 0.407 e. The molecule has 0 radical (unpaired) electrons. The molecule has 4 nitrogen and oxygen atoms in total. The lowest BCUT2D eigenvalue weighted by atomic mass is 9.73. The average Bonchev–Trinajstić information content (AvgIpc) is 2.45. The van der Waals surface area contributed by atoms with Crippen LogP contribution >= 0.6 is 0 Å². The molecule has 0 aromatic heterocycles. The lowest BCUT2D eigenvalue weighted by Gasteiger charge is -2.47. The molecule has 0 saturated carbocycles. The van der Waals surface area contributed by atoms with Crippen molar-refractivity contribution < 1.29 is 9.53 Å². The second kappa shape index (κ2) is 3.62. The van der Waals surface area contributed by atoms with Gasteiger partial charge < -0.3 is 15.4 Å². The van der Waals surface area contributed by atoms with Crippen LogP contribution in [0.1, 0.15) is 40.5 Å². The van der Waals surface area contributed by atoms with E-state index >= 15 is 0 Å². The zero-order valence-electron chi connectivity index (χ0n) is 10.6. The van der Waals surface area contributed by atoms with E-state index in [0.29, 0.717) is 12.5 Å². The van der Waals surface area contributed by atoms with Crippen molar-refractivity contribution in [2.24, 2.45) is 5.92 Å². The van der Waals surface area contributed by atoms with Gasteiger partial charge in [-0.15, -0.1) is 0 Å². The molecule has 2 aliphatic rings. The molecule has 0 spiro atoms. The summed E-state index contributed by atoms with van der Waals surface area (Å²) < 4.78 is 4.98. The van der Waals surface area contributed by atoms with E-state index < -0.39 is 0 Å². The number of rotatable bonds is 1. The first-order chi connectivity index (χ1) is 7.27. The van der Waals surface area contributed by atoms with Crippen molar-refractivity contribution in [3.8, 4) is 0 Å². The third-order valence-electron chi connectivity index (χ3n) is 3.49. The van der Waals surface area contributed by atoms with E-state index in [-0.39, 0.29) is 23.2 Å². The van der Waals surface area contributed by atoms with Gasteiger partial charge >= 0.3 is 6.09 Å². The van der Waals surface area contributed by atoms with Crippen molar-refractivity contribution in [3.05, 3.63) is 0 Å². The molecular formula is C12H22N2O2. The standard InChI is InChI=1S/C12H22N2O2/c1-11(2)5-8(6-12(3,4)14-11)9-7-16-10(15)13-9/h8-9,14H,5-7H2,1-4H3,(H,13,15). The van der Waals surface area contributed by atoms with E-state index in [0.717, 1.165) is 12.8 Å². The molecule has 16 heavy (non-hydrogen) atoms. The average molecular weight is 226 g/mol. The molecule has 0 aliphatic carbocycles. The smallest absolute Gasteiger partial charge is 0.407 e. The van der Waals surface area contributed by atoms with Crippen molar-refractivity contribution in [2.75, 3.05) is 6.61 Å². The zero-order valence-corrected chi connectivity index (χ0v) is 10.6. The van der Waals surface area contributed by atoms with Crippen LogP contribution < -0.4 is 10.6 Å². The molecule has 2 saturated heterocycles. The van der Waals surface area contributed by atoms with Crippen molar-refractivity contribution >= 4 is 6.09 Å². The van der Waals surface area contributed by atoms with E-state index in [4.69, 9.17) is 4.74 Å². The van der Waals surface area contributed by atoms with Crippen LogP contribution in [0.5, 0.6) is 0 Å². The highest BCUT2D eigenvalue weighted by Crippen LogP contribution is 2.35. The molecule has 2 aliphatic heterocycles. The Morgan fingerprint density at radius 3 is 2.19 bits per heavy atom. The lowest BCUT2D eigenvalue weighted by molar-refractivity contribution is 0.104. The highest BCUT2D eigenvalue weighted by atomic mass is 16.6. The molecule has 2 heterocycles. The van der Waals surface area contributed by atoms with Crippen molar-refractivity contribution in [3.63, 3.8) is 0 Å². The first kappa shape index (κ1) is 11.7. The number of piperidine rings is 1. The number of cyclic esters (lactones) is 1. The van der Waals surface area contributed by atoms with E-state index in [2.05, 4.69) is 38.3 Å². The summed E-state index contributed by atoms with van der Waals surface area (Å²) in [6.45, 7) is 9.41. The van der Waals surface area contributed by atoms with E-state index in [1.165, 1.54) is 0 Å². The molecule has 1 unspecified atom stereocenters. The van der Waals surface area contributed by atoms with Crippen LogP contribution in [0.15, 0.2) is 0 Å². The molecule has 0 aromatic rings. The molecule has 0 bridgehead atoms. The second-order valence-corrected chi connectivity index (χ2v) is 6.41. The summed E-state index contributed by atoms with van der Waals surface area (Å²) in [5, 5.41) is 6.55. The summed E-state index contributed by atoms with van der Waals surface area (Å²) >= 11 is 0. The minimum absolute atomic E-state index is 0.125. The van der Waals surface area contributed by atoms with Crippen LogP contribution in [0.4, 0.5) is 4.79 Å². The fraction of sp³-hybridized carbons (Fsp3) is 0.917. The van der Waals surface area contributed by atoms with E-state index in [1.54, 1.807) is 0 Å². The Bertz CT molecular complexity index is 283. The van der Waals surface area contributed by atoms with Crippen molar-refractivity contribution in [1.29, 1.82) is 0 Å². The normalized spacial score (nSPS) is 33.2. The number of carbonyl (C=O) groups is 1. The van der Waals surface area contributed by atoms with Gasteiger partial charge in [-0.3, -0.25) is 0 Å². The number of nitrogens with one attached hydrogen (secondary N) is 2. The predicted octanol–water partition coefficient (Wildman–Crippen LogP) is 1.65. The van der Waals surface area contributed by atoms with E-state index in [1.807, 2.05) is 0 Å². The topological polar surface area (TPSA) is 50.4 Å². The Balaban J connectivity index is 2.07. The van der Waals surface area contributed by atoms with Crippen LogP contribution in [-0.4, -0.2) is 29.8 Å². The summed E-state index contributed by atoms with van der Waals surface area (Å²) in [4.78, 5) is 11.1. The van der Waals surface area contributed by atoms with Gasteiger partial charge in [0, 0.05) is 11.1 Å². The molecule has 0 aromatic carbocycles. The number of carbonyl (C=O) groups excluding carboxylic acids is 1. The van der Waals surface area contributed by atoms with Crippen LogP contribution in [0.2, 0.25) is 0 Å². The molecule has 1 atom stereocenters. The second-order valence-electron chi connectivity index (χ2n) is 6.41. The highest BCUT2D eigenvalue weighted by Gasteiger charge is 2.42. The van der Waals surface area contributed by atoms with Crippen LogP contribution in [-0.2, 0) is 4.74 Å². The third-order valence-corrected chi connectivity index (χ3v) is 3.49. The summed E-state index contributed by atoms with van der Waals surface area (Å²) in [7, 11) is 0. The third kappa shape index (κ3) is 2.48. The number of hydrogen-bond acceptors (Lipinski definition) is 3. The first-order valence-electron chi connectivity index (χ1n) is 6.00. The van der Waals surface area contributed by atoms with Gasteiger partial charge in [-0.05, 0) is 46.5 Å². The Morgan fingerprint density at radius 2 is 1.75 bits per heavy atom. The number of alkyl carbamates (subject to hydrolysis) is 1. The minimum atomic E-state index is -0.265. The van der Waals surface area contributed by atoms with Crippen molar-refractivity contribution in [2.45, 2.75) is 57.7 Å². The molecule has 2 N–H and O–H groups in total. The fourth-order valence-corrected chi connectivity index (χ4v) is 3.34. The number of ether oxygens (including phenoxy) is 1. The lowest BCUT2D eigenvalue weighted by Crippen LogP contribution is -2.60. The number of hydrogen-bond donors (Lipinski definition) is 2. The maximum atomic E-state index is 11.1. The van der Waals surface area contributed by atoms with Gasteiger partial charge in [-0.1, -0.05) is 0 Å². The van der Waals surface area contributed by atoms with E-state index in [9.17, 15) is 4.79 Å². The van der Waals surface area contributed by atoms with Crippen LogP contribution in [0, 0.1) is 5.92 Å². The Labute approximate surface area is 97.1 Å². The van der Waals surface area contributed by atoms with Crippen molar-refractivity contribution in [1.82, 2.24) is 10.6 Å². The largest absolute Gasteiger partial charge is 0.447 e. The summed E-state index contributed by atoms with van der Waals surface area (Å²) in [6, 6.07) is 0.188. The molecule has 2 fully saturated rings. The Kier molecular flexibility index (Phi) is 2.65. The summed E-state index contributed by atoms with van der Waals surface area (Å²) in [6.07, 6.45) is 1.88. The molecule has 2 rings (SSSR count). The van der Waals surface area contributed by atoms with Crippen LogP contribution in [0.3, 0.4) is 0 Å². The van der Waals surface area contributed by atoms with Gasteiger partial charge in [-0.2, -0.15) is 0 Å². The monoisotopic (exact) mass is 226 g/mol. The van der Waals surface area contributed by atoms with Gasteiger partial charge in [0.15, 0.2) is 0 Å². The van der Waals surface area contributed by atoms with Crippen LogP contribution in [0.25, 0.3) is 0 Å². The van der Waals surface area contributed by atoms with Gasteiger partial charge in [0.25, 0.3) is 0 Å². The van der Waals surface area contributed by atoms with Gasteiger partial charge in [0.1, 0.15) is 6.61 Å². The molecule has 4 heteroatoms. The predicted molar refractivity (Wildman–Crippen MR) is 62.3 cm³/mol. The quantitative estimate of drug-likeness (QED) is 0.715. The molecule has 1 amide bonds. The number of amides is 1. The Morgan fingerprint density at radius 1 is 1.19 bits per heavy atom. The Hall–Kier alpha value is -0.770. The van der Waals surface area contributed by atoms with Gasteiger partial charge in [-0.25, -0.2) is 4.79 Å². The molecule has 92 valence electrons. The van der Waals surface area contributed by atoms with Gasteiger partial charge in [0.05, 0.1) is 6.04 Å². The summed E-state index contributed by atoms with van der Waals surface area (Å²) in [5.74, 6) is 0.498. The minimum Gasteiger partial charge on any atom is -0.447 e. The summed E-state index contributed by atoms with van der Waals surface area (Å²) in [5.41, 5.74) is 0.249. The highest BCUT2D eigenvalue weighted by molar-refractivity contribution is 5.69. The SMILES string of the molecule is CC1(C)CC(C2COC(=O)N2)CC(C)(C)N1.